The van der Waals surface area contributed by atoms with E-state index in [1.807, 2.05) is 53.0 Å². The van der Waals surface area contributed by atoms with Crippen LogP contribution in [0.2, 0.25) is 0 Å². The first kappa shape index (κ1) is 21.5. The van der Waals surface area contributed by atoms with Gasteiger partial charge in [-0.15, -0.1) is 5.10 Å². The first-order chi connectivity index (χ1) is 16.2. The molecule has 1 atom stereocenters. The highest BCUT2D eigenvalue weighted by atomic mass is 32.2. The maximum absolute atomic E-state index is 11.0. The third-order valence-corrected chi connectivity index (χ3v) is 5.95. The van der Waals surface area contributed by atoms with Crippen molar-refractivity contribution in [2.24, 2.45) is 0 Å². The van der Waals surface area contributed by atoms with Crippen molar-refractivity contribution >= 4 is 34.1 Å². The molecule has 0 radical (unpaired) electrons. The van der Waals surface area contributed by atoms with Crippen LogP contribution in [0.25, 0.3) is 16.8 Å². The number of nitrogens with one attached hydrogen (secondary N) is 2. The molecule has 3 heterocycles. The maximum atomic E-state index is 11.0. The van der Waals surface area contributed by atoms with Gasteiger partial charge in [-0.25, -0.2) is 14.2 Å². The monoisotopic (exact) mass is 463 g/mol. The summed E-state index contributed by atoms with van der Waals surface area (Å²) in [5.41, 5.74) is 5.50. The van der Waals surface area contributed by atoms with Crippen LogP contribution in [0.15, 0.2) is 66.9 Å². The number of hydrogen-bond donors (Lipinski definition) is 2. The van der Waals surface area contributed by atoms with Crippen LogP contribution in [-0.2, 0) is 22.5 Å². The fourth-order valence-corrected chi connectivity index (χ4v) is 4.20. The molecule has 2 N–H and O–H groups in total. The van der Waals surface area contributed by atoms with Crippen molar-refractivity contribution in [3.63, 3.8) is 0 Å². The molecular weight excluding hydrogens is 440 g/mol. The molecule has 1 saturated heterocycles. The Labute approximate surface area is 193 Å². The first-order valence-electron chi connectivity index (χ1n) is 10.6. The fraction of sp³-hybridized carbons (Fsp3) is 0.217. The van der Waals surface area contributed by atoms with Gasteiger partial charge in [0.1, 0.15) is 0 Å². The second-order valence-corrected chi connectivity index (χ2v) is 8.38. The topological polar surface area (TPSA) is 107 Å². The lowest BCUT2D eigenvalue weighted by Gasteiger charge is -2.28. The Kier molecular flexibility index (Phi) is 6.31. The van der Waals surface area contributed by atoms with E-state index in [1.54, 1.807) is 6.20 Å². The molecule has 1 unspecified atom stereocenters. The second kappa shape index (κ2) is 9.67. The third kappa shape index (κ3) is 4.88. The first-order valence-corrected chi connectivity index (χ1v) is 11.7. The highest BCUT2D eigenvalue weighted by molar-refractivity contribution is 7.77. The van der Waals surface area contributed by atoms with Gasteiger partial charge in [-0.05, 0) is 42.0 Å². The Bertz CT molecular complexity index is 1270. The van der Waals surface area contributed by atoms with Crippen LogP contribution in [0.5, 0.6) is 0 Å². The van der Waals surface area contributed by atoms with Crippen LogP contribution >= 0.6 is 0 Å². The average molecular weight is 464 g/mol. The summed E-state index contributed by atoms with van der Waals surface area (Å²) in [5.74, 6) is 0.468. The number of nitrogens with zero attached hydrogens (tertiary/aromatic N) is 4. The van der Waals surface area contributed by atoms with Crippen molar-refractivity contribution in [3.8, 4) is 11.3 Å². The van der Waals surface area contributed by atoms with Crippen LogP contribution in [0.3, 0.4) is 0 Å². The minimum absolute atomic E-state index is 0.200. The van der Waals surface area contributed by atoms with E-state index in [4.69, 9.17) is 4.74 Å². The molecule has 2 aromatic carbocycles. The van der Waals surface area contributed by atoms with Gasteiger partial charge >= 0.3 is 0 Å². The molecule has 9 nitrogen and oxygen atoms in total. The minimum Gasteiger partial charge on any atom is -0.760 e. The number of rotatable bonds is 7. The Morgan fingerprint density at radius 1 is 1.03 bits per heavy atom. The van der Waals surface area contributed by atoms with Gasteiger partial charge in [0.05, 0.1) is 30.6 Å². The molecule has 0 aliphatic carbocycles. The summed E-state index contributed by atoms with van der Waals surface area (Å²) in [5, 5.41) is 7.95. The summed E-state index contributed by atoms with van der Waals surface area (Å²) in [6, 6.07) is 19.7. The summed E-state index contributed by atoms with van der Waals surface area (Å²) in [6.45, 7) is 3.49. The molecule has 5 rings (SSSR count). The number of ether oxygens (including phenoxy) is 1. The fourth-order valence-electron chi connectivity index (χ4n) is 3.93. The zero-order chi connectivity index (χ0) is 22.6. The quantitative estimate of drug-likeness (QED) is 0.406. The number of hydrogen-bond acceptors (Lipinski definition) is 7. The van der Waals surface area contributed by atoms with Crippen LogP contribution in [0.1, 0.15) is 5.56 Å². The van der Waals surface area contributed by atoms with Gasteiger partial charge in [0, 0.05) is 47.8 Å². The second-order valence-electron chi connectivity index (χ2n) is 7.62. The van der Waals surface area contributed by atoms with Gasteiger partial charge in [0.2, 0.25) is 5.95 Å². The molecule has 170 valence electrons. The summed E-state index contributed by atoms with van der Waals surface area (Å²) in [4.78, 5) is 6.74. The normalized spacial score (nSPS) is 15.0. The predicted octanol–water partition coefficient (Wildman–Crippen LogP) is 2.86. The number of benzene rings is 2. The molecule has 10 heteroatoms. The van der Waals surface area contributed by atoms with E-state index in [9.17, 15) is 8.76 Å². The zero-order valence-corrected chi connectivity index (χ0v) is 18.6. The Balaban J connectivity index is 1.39. The third-order valence-electron chi connectivity index (χ3n) is 5.57. The van der Waals surface area contributed by atoms with E-state index in [-0.39, 0.29) is 6.54 Å². The van der Waals surface area contributed by atoms with Crippen LogP contribution in [0, 0.1) is 0 Å². The Morgan fingerprint density at radius 2 is 1.82 bits per heavy atom. The largest absolute Gasteiger partial charge is 0.760 e. The van der Waals surface area contributed by atoms with Gasteiger partial charge in [0.15, 0.2) is 0 Å². The van der Waals surface area contributed by atoms with Crippen LogP contribution in [0.4, 0.5) is 17.3 Å². The van der Waals surface area contributed by atoms with Crippen LogP contribution in [-0.4, -0.2) is 49.7 Å². The molecule has 0 saturated carbocycles. The highest BCUT2D eigenvalue weighted by Crippen LogP contribution is 2.26. The summed E-state index contributed by atoms with van der Waals surface area (Å²) >= 11 is -2.33. The SMILES string of the molecule is O=S([O-])NCc1ccccc1-c1ccc2cnc(Nc3ccc(N4CCOCC4)cc3)nn12. The number of fused-ring (bicyclic) bond motifs is 1. The molecule has 1 aliphatic rings. The van der Waals surface area contributed by atoms with Crippen LogP contribution < -0.4 is 14.9 Å². The molecule has 1 aliphatic heterocycles. The highest BCUT2D eigenvalue weighted by Gasteiger charge is 2.13. The number of aromatic nitrogens is 3. The summed E-state index contributed by atoms with van der Waals surface area (Å²) < 4.78 is 31.6. The molecule has 0 spiro atoms. The minimum atomic E-state index is -2.33. The van der Waals surface area contributed by atoms with Crippen molar-refractivity contribution in [1.82, 2.24) is 19.3 Å². The Hall–Kier alpha value is -3.31. The van der Waals surface area contributed by atoms with Crippen molar-refractivity contribution < 1.29 is 13.5 Å². The zero-order valence-electron chi connectivity index (χ0n) is 17.8. The van der Waals surface area contributed by atoms with Gasteiger partial charge < -0.3 is 19.5 Å². The molecule has 33 heavy (non-hydrogen) atoms. The Morgan fingerprint density at radius 3 is 2.61 bits per heavy atom. The molecule has 2 aromatic heterocycles. The lowest BCUT2D eigenvalue weighted by molar-refractivity contribution is 0.122. The molecule has 0 amide bonds. The van der Waals surface area contributed by atoms with Crippen molar-refractivity contribution in [2.45, 2.75) is 6.54 Å². The van der Waals surface area contributed by atoms with E-state index < -0.39 is 11.3 Å². The molecule has 4 aromatic rings. The lowest BCUT2D eigenvalue weighted by atomic mass is 10.1. The molecule has 0 bridgehead atoms. The standard InChI is InChI=1S/C23H24N6O3S/c30-33(31)25-15-17-3-1-2-4-21(17)22-10-9-20-16-24-23(27-29(20)22)26-18-5-7-19(8-6-18)28-11-13-32-14-12-28/h1-10,16,25H,11-15H2,(H,26,27)(H,30,31)/p-1. The van der Waals surface area contributed by atoms with Gasteiger partial charge in [-0.3, -0.25) is 4.21 Å². The molecule has 1 fully saturated rings. The van der Waals surface area contributed by atoms with E-state index in [2.05, 4.69) is 37.2 Å². The summed E-state index contributed by atoms with van der Waals surface area (Å²) in [6.07, 6.45) is 1.76. The smallest absolute Gasteiger partial charge is 0.245 e. The average Bonchev–Trinajstić information content (AvgIpc) is 3.27. The van der Waals surface area contributed by atoms with Gasteiger partial charge in [-0.1, -0.05) is 24.3 Å². The van der Waals surface area contributed by atoms with E-state index in [0.29, 0.717) is 5.95 Å². The van der Waals surface area contributed by atoms with E-state index >= 15 is 0 Å². The van der Waals surface area contributed by atoms with E-state index in [1.165, 1.54) is 0 Å². The van der Waals surface area contributed by atoms with Crippen molar-refractivity contribution in [2.75, 3.05) is 36.5 Å². The number of morpholine rings is 1. The number of anilines is 3. The van der Waals surface area contributed by atoms with Crippen molar-refractivity contribution in [3.05, 3.63) is 72.4 Å². The lowest BCUT2D eigenvalue weighted by Crippen LogP contribution is -2.36. The van der Waals surface area contributed by atoms with Gasteiger partial charge in [-0.2, -0.15) is 0 Å². The van der Waals surface area contributed by atoms with Crippen molar-refractivity contribution in [1.29, 1.82) is 0 Å². The molecular formula is C23H23N6O3S-. The van der Waals surface area contributed by atoms with E-state index in [0.717, 1.165) is 60.0 Å². The van der Waals surface area contributed by atoms with Gasteiger partial charge in [0.25, 0.3) is 0 Å². The predicted molar refractivity (Wildman–Crippen MR) is 127 cm³/mol. The summed E-state index contributed by atoms with van der Waals surface area (Å²) in [7, 11) is 0. The maximum Gasteiger partial charge on any atom is 0.245 e.